The van der Waals surface area contributed by atoms with Gasteiger partial charge in [0.2, 0.25) is 5.91 Å². The Kier molecular flexibility index (Phi) is 10.0. The molecule has 202 valence electrons. The minimum atomic E-state index is 0.0306. The first-order valence-electron chi connectivity index (χ1n) is 13.0. The normalized spacial score (nSPS) is 14.4. The summed E-state index contributed by atoms with van der Waals surface area (Å²) in [6.07, 6.45) is 3.94. The summed E-state index contributed by atoms with van der Waals surface area (Å²) in [5.74, 6) is 0.951. The highest BCUT2D eigenvalue weighted by Crippen LogP contribution is 2.28. The average Bonchev–Trinajstić information content (AvgIpc) is 2.91. The summed E-state index contributed by atoms with van der Waals surface area (Å²) in [6, 6.07) is 13.7. The van der Waals surface area contributed by atoms with Crippen molar-refractivity contribution in [3.8, 4) is 17.0 Å². The molecule has 0 atom stereocenters. The molecule has 4 rings (SSSR count). The van der Waals surface area contributed by atoms with Crippen molar-refractivity contribution in [3.05, 3.63) is 81.0 Å². The third-order valence-electron chi connectivity index (χ3n) is 7.15. The molecule has 8 heteroatoms. The second-order valence-electron chi connectivity index (χ2n) is 9.79. The predicted octanol–water partition coefficient (Wildman–Crippen LogP) is 6.02. The van der Waals surface area contributed by atoms with Crippen LogP contribution in [0, 0.1) is 13.8 Å². The zero-order valence-electron chi connectivity index (χ0n) is 22.2. The van der Waals surface area contributed by atoms with E-state index in [0.29, 0.717) is 29.7 Å². The Labute approximate surface area is 235 Å². The van der Waals surface area contributed by atoms with Crippen molar-refractivity contribution in [2.45, 2.75) is 45.7 Å². The van der Waals surface area contributed by atoms with E-state index in [2.05, 4.69) is 41.2 Å². The van der Waals surface area contributed by atoms with Crippen LogP contribution < -0.4 is 10.1 Å². The van der Waals surface area contributed by atoms with Gasteiger partial charge in [-0.2, -0.15) is 0 Å². The molecule has 3 aromatic rings. The summed E-state index contributed by atoms with van der Waals surface area (Å²) in [6.45, 7) is 8.21. The van der Waals surface area contributed by atoms with Gasteiger partial charge in [-0.15, -0.1) is 0 Å². The van der Waals surface area contributed by atoms with Gasteiger partial charge in [0.15, 0.2) is 0 Å². The van der Waals surface area contributed by atoms with E-state index < -0.39 is 0 Å². The molecule has 1 aromatic heterocycles. The molecule has 0 radical (unpaired) electrons. The maximum Gasteiger partial charge on any atom is 0.224 e. The van der Waals surface area contributed by atoms with Crippen molar-refractivity contribution >= 4 is 29.1 Å². The Morgan fingerprint density at radius 1 is 1.03 bits per heavy atom. The second-order valence-corrected chi connectivity index (χ2v) is 10.6. The van der Waals surface area contributed by atoms with Crippen LogP contribution in [0.15, 0.2) is 48.7 Å². The number of aromatic nitrogens is 1. The third-order valence-corrected chi connectivity index (χ3v) is 7.89. The van der Waals surface area contributed by atoms with Crippen LogP contribution >= 0.6 is 23.2 Å². The number of amides is 1. The summed E-state index contributed by atoms with van der Waals surface area (Å²) in [4.78, 5) is 19.7. The van der Waals surface area contributed by atoms with Gasteiger partial charge in [-0.3, -0.25) is 14.7 Å². The molecule has 1 fully saturated rings. The van der Waals surface area contributed by atoms with Crippen molar-refractivity contribution in [3.63, 3.8) is 0 Å². The number of pyridine rings is 1. The van der Waals surface area contributed by atoms with E-state index in [4.69, 9.17) is 32.7 Å². The summed E-state index contributed by atoms with van der Waals surface area (Å²) in [5, 5.41) is 4.22. The van der Waals surface area contributed by atoms with Gasteiger partial charge < -0.3 is 14.8 Å². The van der Waals surface area contributed by atoms with Crippen LogP contribution in [0.25, 0.3) is 11.3 Å². The Balaban J connectivity index is 1.23. The molecule has 2 aromatic carbocycles. The lowest BCUT2D eigenvalue weighted by atomic mass is 9.99. The molecule has 0 unspecified atom stereocenters. The molecule has 1 aliphatic heterocycles. The van der Waals surface area contributed by atoms with E-state index in [1.807, 2.05) is 18.2 Å². The van der Waals surface area contributed by atoms with Crippen LogP contribution in [0.2, 0.25) is 10.0 Å². The smallest absolute Gasteiger partial charge is 0.224 e. The van der Waals surface area contributed by atoms with Gasteiger partial charge in [0.25, 0.3) is 0 Å². The van der Waals surface area contributed by atoms with Crippen molar-refractivity contribution in [1.82, 2.24) is 15.2 Å². The van der Waals surface area contributed by atoms with Crippen molar-refractivity contribution in [1.29, 1.82) is 0 Å². The monoisotopic (exact) mass is 555 g/mol. The van der Waals surface area contributed by atoms with Crippen LogP contribution in [0.1, 0.15) is 35.1 Å². The first-order chi connectivity index (χ1) is 18.3. The van der Waals surface area contributed by atoms with Crippen LogP contribution in [-0.2, 0) is 22.5 Å². The number of likely N-dealkylation sites (tertiary alicyclic amines) is 1. The maximum absolute atomic E-state index is 12.7. The fraction of sp³-hybridized carbons (Fsp3) is 0.400. The number of nitrogens with one attached hydrogen (secondary N) is 1. The third kappa shape index (κ3) is 7.48. The average molecular weight is 557 g/mol. The van der Waals surface area contributed by atoms with Gasteiger partial charge in [0.05, 0.1) is 28.8 Å². The standard InChI is InChI=1S/C30H35Cl2N3O3/c1-20-21(2)29(38-15-14-37-3)9-6-24(20)19-35-12-10-25(11-13-35)34-30(36)16-22-4-8-28(33-18-22)23-5-7-26(31)27(32)17-23/h4-9,17-18,25H,10-16,19H2,1-3H3,(H,34,36). The quantitative estimate of drug-likeness (QED) is 0.310. The first kappa shape index (κ1) is 28.4. The maximum atomic E-state index is 12.7. The summed E-state index contributed by atoms with van der Waals surface area (Å²) < 4.78 is 10.9. The number of ether oxygens (including phenoxy) is 2. The zero-order valence-corrected chi connectivity index (χ0v) is 23.7. The Morgan fingerprint density at radius 3 is 2.50 bits per heavy atom. The molecular formula is C30H35Cl2N3O3. The number of hydrogen-bond acceptors (Lipinski definition) is 5. The molecule has 0 saturated carbocycles. The van der Waals surface area contributed by atoms with Crippen molar-refractivity contribution in [2.75, 3.05) is 33.4 Å². The molecular weight excluding hydrogens is 521 g/mol. The highest BCUT2D eigenvalue weighted by Gasteiger charge is 2.22. The molecule has 1 aliphatic rings. The highest BCUT2D eigenvalue weighted by molar-refractivity contribution is 6.42. The molecule has 1 amide bonds. The number of rotatable bonds is 10. The molecule has 38 heavy (non-hydrogen) atoms. The summed E-state index contributed by atoms with van der Waals surface area (Å²) in [5.41, 5.74) is 6.33. The zero-order chi connectivity index (χ0) is 27.1. The molecule has 0 aliphatic carbocycles. The van der Waals surface area contributed by atoms with Crippen LogP contribution in [-0.4, -0.2) is 55.2 Å². The molecule has 2 heterocycles. The highest BCUT2D eigenvalue weighted by atomic mass is 35.5. The van der Waals surface area contributed by atoms with E-state index in [1.165, 1.54) is 16.7 Å². The van der Waals surface area contributed by atoms with Crippen LogP contribution in [0.3, 0.4) is 0 Å². The molecule has 6 nitrogen and oxygen atoms in total. The number of halogens is 2. The first-order valence-corrected chi connectivity index (χ1v) is 13.7. The molecule has 1 saturated heterocycles. The lowest BCUT2D eigenvalue weighted by molar-refractivity contribution is -0.121. The Bertz CT molecular complexity index is 1240. The van der Waals surface area contributed by atoms with Gasteiger partial charge in [-0.25, -0.2) is 0 Å². The number of methoxy groups -OCH3 is 1. The fourth-order valence-electron chi connectivity index (χ4n) is 4.71. The lowest BCUT2D eigenvalue weighted by Crippen LogP contribution is -2.44. The van der Waals surface area contributed by atoms with E-state index in [9.17, 15) is 4.79 Å². The summed E-state index contributed by atoms with van der Waals surface area (Å²) in [7, 11) is 1.68. The lowest BCUT2D eigenvalue weighted by Gasteiger charge is -2.33. The van der Waals surface area contributed by atoms with Gasteiger partial charge in [-0.05, 0) is 73.2 Å². The van der Waals surface area contributed by atoms with Gasteiger partial charge in [0, 0.05) is 44.5 Å². The van der Waals surface area contributed by atoms with E-state index in [0.717, 1.165) is 55.0 Å². The van der Waals surface area contributed by atoms with Crippen molar-refractivity contribution in [2.24, 2.45) is 0 Å². The number of hydrogen-bond donors (Lipinski definition) is 1. The molecule has 0 spiro atoms. The van der Waals surface area contributed by atoms with Gasteiger partial charge in [-0.1, -0.05) is 41.4 Å². The SMILES string of the molecule is COCCOc1ccc(CN2CCC(NC(=O)Cc3ccc(-c4ccc(Cl)c(Cl)c4)nc3)CC2)c(C)c1C. The van der Waals surface area contributed by atoms with Crippen LogP contribution in [0.4, 0.5) is 0 Å². The Hall–Kier alpha value is -2.64. The number of nitrogens with zero attached hydrogens (tertiary/aromatic N) is 2. The largest absolute Gasteiger partial charge is 0.491 e. The number of benzene rings is 2. The minimum Gasteiger partial charge on any atom is -0.491 e. The van der Waals surface area contributed by atoms with Crippen LogP contribution in [0.5, 0.6) is 5.75 Å². The van der Waals surface area contributed by atoms with Gasteiger partial charge in [0.1, 0.15) is 12.4 Å². The second kappa shape index (κ2) is 13.4. The minimum absolute atomic E-state index is 0.0306. The topological polar surface area (TPSA) is 63.7 Å². The fourth-order valence-corrected chi connectivity index (χ4v) is 5.01. The van der Waals surface area contributed by atoms with Crippen molar-refractivity contribution < 1.29 is 14.3 Å². The number of carbonyl (C=O) groups excluding carboxylic acids is 1. The summed E-state index contributed by atoms with van der Waals surface area (Å²) >= 11 is 12.1. The van der Waals surface area contributed by atoms with E-state index >= 15 is 0 Å². The number of piperidine rings is 1. The number of carbonyl (C=O) groups is 1. The van der Waals surface area contributed by atoms with Gasteiger partial charge >= 0.3 is 0 Å². The Morgan fingerprint density at radius 2 is 1.82 bits per heavy atom. The predicted molar refractivity (Wildman–Crippen MR) is 153 cm³/mol. The molecule has 0 bridgehead atoms. The van der Waals surface area contributed by atoms with E-state index in [1.54, 1.807) is 25.4 Å². The van der Waals surface area contributed by atoms with E-state index in [-0.39, 0.29) is 11.9 Å². The molecule has 1 N–H and O–H groups in total.